The second-order valence-electron chi connectivity index (χ2n) is 12.1. The molecule has 1 saturated carbocycles. The van der Waals surface area contributed by atoms with E-state index in [4.69, 9.17) is 4.74 Å². The molecule has 0 unspecified atom stereocenters. The van der Waals surface area contributed by atoms with E-state index in [9.17, 15) is 9.18 Å². The Hall–Kier alpha value is -2.42. The van der Waals surface area contributed by atoms with Crippen molar-refractivity contribution in [1.82, 2.24) is 0 Å². The van der Waals surface area contributed by atoms with Crippen LogP contribution in [-0.4, -0.2) is 19.1 Å². The molecule has 2 aromatic rings. The van der Waals surface area contributed by atoms with E-state index >= 15 is 0 Å². The number of aryl methyl sites for hydroxylation is 1. The molecule has 3 rings (SSSR count). The van der Waals surface area contributed by atoms with Gasteiger partial charge in [0.2, 0.25) is 0 Å². The zero-order valence-corrected chi connectivity index (χ0v) is 28.1. The average molecular weight is 581 g/mol. The molecule has 236 valence electrons. The van der Waals surface area contributed by atoms with Crippen molar-refractivity contribution in [2.45, 2.75) is 132 Å². The molecule has 0 N–H and O–H groups in total. The molecule has 0 aromatic heterocycles. The lowest BCUT2D eigenvalue weighted by molar-refractivity contribution is 0.101. The van der Waals surface area contributed by atoms with Crippen molar-refractivity contribution in [3.05, 3.63) is 70.8 Å². The van der Waals surface area contributed by atoms with E-state index in [0.29, 0.717) is 11.3 Å². The van der Waals surface area contributed by atoms with E-state index < -0.39 is 0 Å². The highest BCUT2D eigenvalue weighted by Crippen LogP contribution is 2.36. The van der Waals surface area contributed by atoms with Gasteiger partial charge in [0.05, 0.1) is 13.3 Å². The van der Waals surface area contributed by atoms with Crippen LogP contribution in [0.5, 0.6) is 5.75 Å². The van der Waals surface area contributed by atoms with Gasteiger partial charge in [-0.05, 0) is 93.0 Å². The molecule has 0 bridgehead atoms. The Morgan fingerprint density at radius 3 is 2.02 bits per heavy atom. The maximum absolute atomic E-state index is 11.9. The highest BCUT2D eigenvalue weighted by Gasteiger charge is 2.23. The summed E-state index contributed by atoms with van der Waals surface area (Å²) in [7, 11) is 0. The largest absolute Gasteiger partial charge is 0.493 e. The normalized spacial score (nSPS) is 13.3. The van der Waals surface area contributed by atoms with E-state index in [-0.39, 0.29) is 12.5 Å². The number of hydrogen-bond acceptors (Lipinski definition) is 2. The fourth-order valence-electron chi connectivity index (χ4n) is 5.80. The summed E-state index contributed by atoms with van der Waals surface area (Å²) in [5.41, 5.74) is 4.91. The summed E-state index contributed by atoms with van der Waals surface area (Å²) in [6.45, 7) is 15.6. The van der Waals surface area contributed by atoms with Crippen LogP contribution in [-0.2, 0) is 6.42 Å². The predicted molar refractivity (Wildman–Crippen MR) is 182 cm³/mol. The molecule has 1 aliphatic carbocycles. The molecule has 0 atom stereocenters. The summed E-state index contributed by atoms with van der Waals surface area (Å²) in [5, 5.41) is 0. The van der Waals surface area contributed by atoms with Crippen LogP contribution in [0, 0.1) is 18.3 Å². The van der Waals surface area contributed by atoms with Crippen LogP contribution in [0.1, 0.15) is 146 Å². The van der Waals surface area contributed by atoms with E-state index in [0.717, 1.165) is 42.7 Å². The SMILES string of the molecule is CC(=O)c1ccc(OCC2CCCC2)cc1/C=C\Cc1ccc(C)cc1.CCCC(CC)(CC)CCC.CCCCF. The Bertz CT molecular complexity index is 988. The van der Waals surface area contributed by atoms with Gasteiger partial charge in [-0.15, -0.1) is 0 Å². The number of carbonyl (C=O) groups is 1. The van der Waals surface area contributed by atoms with Crippen LogP contribution in [0.25, 0.3) is 6.08 Å². The predicted octanol–water partition coefficient (Wildman–Crippen LogP) is 12.2. The molecule has 1 fully saturated rings. The topological polar surface area (TPSA) is 26.3 Å². The van der Waals surface area contributed by atoms with E-state index in [1.807, 2.05) is 31.2 Å². The van der Waals surface area contributed by atoms with Crippen LogP contribution in [0.15, 0.2) is 48.5 Å². The van der Waals surface area contributed by atoms with Crippen LogP contribution >= 0.6 is 0 Å². The number of alkyl halides is 1. The number of unbranched alkanes of at least 4 members (excludes halogenated alkanes) is 1. The number of halogens is 1. The van der Waals surface area contributed by atoms with Crippen molar-refractivity contribution in [3.8, 4) is 5.75 Å². The van der Waals surface area contributed by atoms with Gasteiger partial charge in [-0.3, -0.25) is 9.18 Å². The zero-order valence-electron chi connectivity index (χ0n) is 28.1. The first kappa shape index (κ1) is 37.6. The molecule has 1 aliphatic rings. The Morgan fingerprint density at radius 2 is 1.55 bits per heavy atom. The van der Waals surface area contributed by atoms with Crippen molar-refractivity contribution < 1.29 is 13.9 Å². The summed E-state index contributed by atoms with van der Waals surface area (Å²) in [4.78, 5) is 11.9. The van der Waals surface area contributed by atoms with E-state index in [1.54, 1.807) is 6.92 Å². The number of hydrogen-bond donors (Lipinski definition) is 0. The third kappa shape index (κ3) is 14.7. The number of allylic oxidation sites excluding steroid dienone is 1. The van der Waals surface area contributed by atoms with Gasteiger partial charge < -0.3 is 4.74 Å². The fraction of sp³-hybridized carbons (Fsp3) is 0.615. The lowest BCUT2D eigenvalue weighted by atomic mass is 9.75. The third-order valence-corrected chi connectivity index (χ3v) is 8.68. The Labute approximate surface area is 258 Å². The maximum Gasteiger partial charge on any atom is 0.160 e. The average Bonchev–Trinajstić information content (AvgIpc) is 3.52. The van der Waals surface area contributed by atoms with Gasteiger partial charge in [-0.1, -0.05) is 122 Å². The fourth-order valence-corrected chi connectivity index (χ4v) is 5.80. The van der Waals surface area contributed by atoms with E-state index in [1.165, 1.54) is 75.3 Å². The second kappa shape index (κ2) is 22.2. The molecule has 0 amide bonds. The van der Waals surface area contributed by atoms with Gasteiger partial charge in [0.25, 0.3) is 0 Å². The molecule has 2 nitrogen and oxygen atoms in total. The molecular weight excluding hydrogens is 519 g/mol. The number of ether oxygens (including phenoxy) is 1. The molecule has 0 saturated heterocycles. The quantitative estimate of drug-likeness (QED) is 0.196. The molecular formula is C39H61FO2. The van der Waals surface area contributed by atoms with Crippen molar-refractivity contribution >= 4 is 11.9 Å². The van der Waals surface area contributed by atoms with Crippen molar-refractivity contribution in [3.63, 3.8) is 0 Å². The summed E-state index contributed by atoms with van der Waals surface area (Å²) >= 11 is 0. The zero-order chi connectivity index (χ0) is 31.2. The van der Waals surface area contributed by atoms with Gasteiger partial charge in [0, 0.05) is 5.56 Å². The highest BCUT2D eigenvalue weighted by molar-refractivity contribution is 5.97. The summed E-state index contributed by atoms with van der Waals surface area (Å²) in [6.07, 6.45) is 20.2. The van der Waals surface area contributed by atoms with Crippen LogP contribution in [0.3, 0.4) is 0 Å². The summed E-state index contributed by atoms with van der Waals surface area (Å²) in [6, 6.07) is 14.3. The van der Waals surface area contributed by atoms with Crippen molar-refractivity contribution in [2.24, 2.45) is 11.3 Å². The Morgan fingerprint density at radius 1 is 0.929 bits per heavy atom. The van der Waals surface area contributed by atoms with E-state index in [2.05, 4.69) is 65.0 Å². The number of ketones is 1. The third-order valence-electron chi connectivity index (χ3n) is 8.68. The molecule has 0 aliphatic heterocycles. The number of carbonyl (C=O) groups excluding carboxylic acids is 1. The van der Waals surface area contributed by atoms with Crippen LogP contribution in [0.2, 0.25) is 0 Å². The second-order valence-corrected chi connectivity index (χ2v) is 12.1. The maximum atomic E-state index is 11.9. The Kier molecular flexibility index (Phi) is 19.8. The van der Waals surface area contributed by atoms with Crippen molar-refractivity contribution in [2.75, 3.05) is 13.3 Å². The van der Waals surface area contributed by atoms with Crippen LogP contribution < -0.4 is 4.74 Å². The summed E-state index contributed by atoms with van der Waals surface area (Å²) < 4.78 is 17.0. The highest BCUT2D eigenvalue weighted by atomic mass is 19.1. The standard InChI is InChI=1S/C24H28O2.C11H24.C4H9F/c1-18-10-12-20(13-11-18)8-5-9-22-16-23(14-15-24(22)19(2)25)26-17-21-6-3-4-7-21;1-5-9-11(7-3,8-4)10-6-2;1-2-3-4-5/h5,9-16,21H,3-4,6-8,17H2,1-2H3;5-10H2,1-4H3;2-4H2,1H3/b9-5-;;. The monoisotopic (exact) mass is 580 g/mol. The molecule has 3 heteroatoms. The van der Waals surface area contributed by atoms with Gasteiger partial charge in [-0.25, -0.2) is 0 Å². The molecule has 0 spiro atoms. The van der Waals surface area contributed by atoms with Gasteiger partial charge >= 0.3 is 0 Å². The number of benzene rings is 2. The molecule has 42 heavy (non-hydrogen) atoms. The Balaban J connectivity index is 0.000000458. The van der Waals surface area contributed by atoms with Crippen molar-refractivity contribution in [1.29, 1.82) is 0 Å². The lowest BCUT2D eigenvalue weighted by Crippen LogP contribution is -2.17. The smallest absolute Gasteiger partial charge is 0.160 e. The minimum absolute atomic E-state index is 0.0855. The molecule has 0 heterocycles. The van der Waals surface area contributed by atoms with Gasteiger partial charge in [-0.2, -0.15) is 0 Å². The van der Waals surface area contributed by atoms with Crippen LogP contribution in [0.4, 0.5) is 4.39 Å². The minimum Gasteiger partial charge on any atom is -0.493 e. The first-order valence-electron chi connectivity index (χ1n) is 16.8. The first-order valence-corrected chi connectivity index (χ1v) is 16.8. The minimum atomic E-state index is -0.156. The first-order chi connectivity index (χ1) is 20.3. The lowest BCUT2D eigenvalue weighted by Gasteiger charge is -2.31. The number of Topliss-reactive ketones (excluding diaryl/α,β-unsaturated/α-hetero) is 1. The molecule has 2 aromatic carbocycles. The number of rotatable bonds is 15. The molecule has 0 radical (unpaired) electrons. The van der Waals surface area contributed by atoms with Gasteiger partial charge in [0.1, 0.15) is 5.75 Å². The summed E-state index contributed by atoms with van der Waals surface area (Å²) in [5.74, 6) is 1.63. The van der Waals surface area contributed by atoms with Gasteiger partial charge in [0.15, 0.2) is 5.78 Å².